The summed E-state index contributed by atoms with van der Waals surface area (Å²) in [5.41, 5.74) is 1.83. The average molecular weight is 438 g/mol. The van der Waals surface area contributed by atoms with Gasteiger partial charge in [0.1, 0.15) is 0 Å². The van der Waals surface area contributed by atoms with Crippen molar-refractivity contribution in [2.24, 2.45) is 4.99 Å². The largest absolute Gasteiger partial charge is 0.315 e. The molecular formula is C18H16ClN3O4S2. The SMILES string of the molecule is O=[N+]([O-])c1ccc(CSC2=N[C@H]3CS(=O)(=O)C[C@@H]3N2c2ccc(Cl)cc2)cc1. The molecule has 0 spiro atoms. The van der Waals surface area contributed by atoms with Gasteiger partial charge in [-0.05, 0) is 29.8 Å². The number of non-ortho nitro benzene ring substituents is 1. The van der Waals surface area contributed by atoms with Crippen LogP contribution in [0.4, 0.5) is 11.4 Å². The monoisotopic (exact) mass is 437 g/mol. The molecule has 2 aliphatic rings. The number of anilines is 1. The summed E-state index contributed by atoms with van der Waals surface area (Å²) in [6, 6.07) is 13.2. The minimum Gasteiger partial charge on any atom is -0.315 e. The Hall–Kier alpha value is -2.10. The predicted octanol–water partition coefficient (Wildman–Crippen LogP) is 3.52. The number of rotatable bonds is 4. The van der Waals surface area contributed by atoms with Gasteiger partial charge < -0.3 is 4.90 Å². The fourth-order valence-electron chi connectivity index (χ4n) is 3.40. The van der Waals surface area contributed by atoms with Crippen LogP contribution >= 0.6 is 23.4 Å². The second kappa shape index (κ2) is 7.38. The summed E-state index contributed by atoms with van der Waals surface area (Å²) in [5.74, 6) is 0.710. The van der Waals surface area contributed by atoms with Gasteiger partial charge in [0.25, 0.3) is 5.69 Å². The molecule has 4 rings (SSSR count). The molecular weight excluding hydrogens is 422 g/mol. The van der Waals surface area contributed by atoms with Crippen molar-refractivity contribution in [3.05, 3.63) is 69.2 Å². The summed E-state index contributed by atoms with van der Waals surface area (Å²) in [5, 5.41) is 12.1. The summed E-state index contributed by atoms with van der Waals surface area (Å²) >= 11 is 7.48. The lowest BCUT2D eigenvalue weighted by Crippen LogP contribution is -2.39. The van der Waals surface area contributed by atoms with E-state index < -0.39 is 14.8 Å². The molecule has 1 fully saturated rings. The van der Waals surface area contributed by atoms with E-state index in [2.05, 4.69) is 4.99 Å². The molecule has 0 saturated carbocycles. The van der Waals surface area contributed by atoms with E-state index in [1.54, 1.807) is 24.3 Å². The zero-order chi connectivity index (χ0) is 19.9. The fraction of sp³-hybridized carbons (Fsp3) is 0.278. The Morgan fingerprint density at radius 3 is 2.46 bits per heavy atom. The molecule has 0 amide bonds. The smallest absolute Gasteiger partial charge is 0.269 e. The first-order valence-electron chi connectivity index (χ1n) is 8.51. The quantitative estimate of drug-likeness (QED) is 0.536. The Balaban J connectivity index is 1.57. The van der Waals surface area contributed by atoms with Gasteiger partial charge in [0.2, 0.25) is 0 Å². The van der Waals surface area contributed by atoms with Crippen molar-refractivity contribution in [2.75, 3.05) is 16.4 Å². The number of halogens is 1. The Morgan fingerprint density at radius 1 is 1.14 bits per heavy atom. The molecule has 0 unspecified atom stereocenters. The van der Waals surface area contributed by atoms with E-state index in [9.17, 15) is 18.5 Å². The van der Waals surface area contributed by atoms with Crippen LogP contribution in [0.5, 0.6) is 0 Å². The first kappa shape index (κ1) is 19.2. The molecule has 10 heteroatoms. The van der Waals surface area contributed by atoms with Gasteiger partial charge in [-0.3, -0.25) is 15.1 Å². The van der Waals surface area contributed by atoms with Crippen LogP contribution in [0, 0.1) is 10.1 Å². The summed E-state index contributed by atoms with van der Waals surface area (Å²) < 4.78 is 24.1. The lowest BCUT2D eigenvalue weighted by molar-refractivity contribution is -0.384. The van der Waals surface area contributed by atoms with Gasteiger partial charge >= 0.3 is 0 Å². The van der Waals surface area contributed by atoms with E-state index >= 15 is 0 Å². The number of benzene rings is 2. The number of nitrogens with zero attached hydrogens (tertiary/aromatic N) is 3. The van der Waals surface area contributed by atoms with Crippen LogP contribution in [0.25, 0.3) is 0 Å². The van der Waals surface area contributed by atoms with E-state index in [1.165, 1.54) is 23.9 Å². The molecule has 1 saturated heterocycles. The van der Waals surface area contributed by atoms with Crippen molar-refractivity contribution < 1.29 is 13.3 Å². The minimum absolute atomic E-state index is 0.0505. The Morgan fingerprint density at radius 2 is 1.82 bits per heavy atom. The first-order chi connectivity index (χ1) is 13.3. The highest BCUT2D eigenvalue weighted by atomic mass is 35.5. The summed E-state index contributed by atoms with van der Waals surface area (Å²) in [7, 11) is -3.11. The number of amidine groups is 1. The molecule has 0 bridgehead atoms. The molecule has 28 heavy (non-hydrogen) atoms. The molecule has 2 aromatic rings. The molecule has 2 heterocycles. The van der Waals surface area contributed by atoms with Crippen molar-refractivity contribution in [3.8, 4) is 0 Å². The summed E-state index contributed by atoms with van der Waals surface area (Å²) in [4.78, 5) is 17.0. The third-order valence-corrected chi connectivity index (χ3v) is 7.72. The van der Waals surface area contributed by atoms with Crippen LogP contribution in [-0.2, 0) is 15.6 Å². The lowest BCUT2D eigenvalue weighted by atomic mass is 10.1. The standard InChI is InChI=1S/C18H16ClN3O4S2/c19-13-3-7-14(8-4-13)21-17-11-28(25,26)10-16(17)20-18(21)27-9-12-1-5-15(6-2-12)22(23)24/h1-8,16-17H,9-11H2/t16-,17-/m0/s1. The van der Waals surface area contributed by atoms with E-state index in [-0.39, 0.29) is 29.3 Å². The highest BCUT2D eigenvalue weighted by Gasteiger charge is 2.47. The molecule has 0 N–H and O–H groups in total. The molecule has 0 aliphatic carbocycles. The van der Waals surface area contributed by atoms with Crippen molar-refractivity contribution in [1.29, 1.82) is 0 Å². The van der Waals surface area contributed by atoms with Gasteiger partial charge in [-0.25, -0.2) is 8.42 Å². The molecule has 2 atom stereocenters. The Labute approximate surface area is 171 Å². The molecule has 2 aliphatic heterocycles. The van der Waals surface area contributed by atoms with Gasteiger partial charge in [-0.1, -0.05) is 35.5 Å². The Kier molecular flexibility index (Phi) is 5.07. The average Bonchev–Trinajstić information content (AvgIpc) is 3.12. The van der Waals surface area contributed by atoms with Crippen LogP contribution in [0.1, 0.15) is 5.56 Å². The van der Waals surface area contributed by atoms with Crippen molar-refractivity contribution >= 4 is 49.7 Å². The number of hydrogen-bond acceptors (Lipinski definition) is 7. The zero-order valence-corrected chi connectivity index (χ0v) is 17.0. The molecule has 2 aromatic carbocycles. The second-order valence-electron chi connectivity index (χ2n) is 6.68. The Bertz CT molecular complexity index is 1040. The molecule has 146 valence electrons. The number of aliphatic imine (C=N–C) groups is 1. The summed E-state index contributed by atoms with van der Waals surface area (Å²) in [6.07, 6.45) is 0. The minimum atomic E-state index is -3.11. The van der Waals surface area contributed by atoms with E-state index in [4.69, 9.17) is 11.6 Å². The predicted molar refractivity (Wildman–Crippen MR) is 112 cm³/mol. The third kappa shape index (κ3) is 3.87. The van der Waals surface area contributed by atoms with Gasteiger partial charge in [-0.15, -0.1) is 0 Å². The van der Waals surface area contributed by atoms with E-state index in [0.29, 0.717) is 10.8 Å². The fourth-order valence-corrected chi connectivity index (χ4v) is 6.45. The number of hydrogen-bond donors (Lipinski definition) is 0. The van der Waals surface area contributed by atoms with E-state index in [0.717, 1.165) is 16.4 Å². The highest BCUT2D eigenvalue weighted by Crippen LogP contribution is 2.36. The lowest BCUT2D eigenvalue weighted by Gasteiger charge is -2.26. The van der Waals surface area contributed by atoms with E-state index in [1.807, 2.05) is 17.0 Å². The van der Waals surface area contributed by atoms with Gasteiger partial charge in [-0.2, -0.15) is 0 Å². The number of nitro benzene ring substituents is 1. The molecule has 7 nitrogen and oxygen atoms in total. The van der Waals surface area contributed by atoms with Crippen molar-refractivity contribution in [2.45, 2.75) is 17.8 Å². The van der Waals surface area contributed by atoms with Crippen LogP contribution in [0.3, 0.4) is 0 Å². The maximum Gasteiger partial charge on any atom is 0.269 e. The number of thioether (sulfide) groups is 1. The molecule has 0 aromatic heterocycles. The van der Waals surface area contributed by atoms with Crippen molar-refractivity contribution in [1.82, 2.24) is 0 Å². The topological polar surface area (TPSA) is 92.9 Å². The van der Waals surface area contributed by atoms with Crippen LogP contribution in [-0.4, -0.2) is 42.1 Å². The molecule has 0 radical (unpaired) electrons. The van der Waals surface area contributed by atoms with Crippen molar-refractivity contribution in [3.63, 3.8) is 0 Å². The van der Waals surface area contributed by atoms with Gasteiger partial charge in [0.15, 0.2) is 15.0 Å². The van der Waals surface area contributed by atoms with Crippen LogP contribution < -0.4 is 4.90 Å². The second-order valence-corrected chi connectivity index (χ2v) is 10.2. The highest BCUT2D eigenvalue weighted by molar-refractivity contribution is 8.13. The number of fused-ring (bicyclic) bond motifs is 1. The number of nitro groups is 1. The zero-order valence-electron chi connectivity index (χ0n) is 14.6. The maximum atomic E-state index is 12.1. The number of sulfone groups is 1. The summed E-state index contributed by atoms with van der Waals surface area (Å²) in [6.45, 7) is 0. The van der Waals surface area contributed by atoms with Crippen LogP contribution in [0.15, 0.2) is 53.5 Å². The van der Waals surface area contributed by atoms with Crippen LogP contribution in [0.2, 0.25) is 5.02 Å². The third-order valence-electron chi connectivity index (χ3n) is 4.73. The normalized spacial score (nSPS) is 22.8. The first-order valence-corrected chi connectivity index (χ1v) is 11.7. The van der Waals surface area contributed by atoms with Gasteiger partial charge in [0.05, 0.1) is 28.5 Å². The maximum absolute atomic E-state index is 12.1. The van der Waals surface area contributed by atoms with Gasteiger partial charge in [0, 0.05) is 28.6 Å².